The van der Waals surface area contributed by atoms with Gasteiger partial charge in [0.1, 0.15) is 23.3 Å². The van der Waals surface area contributed by atoms with Crippen molar-refractivity contribution in [2.24, 2.45) is 4.99 Å². The van der Waals surface area contributed by atoms with Gasteiger partial charge in [0.05, 0.1) is 29.5 Å². The molecule has 0 bridgehead atoms. The van der Waals surface area contributed by atoms with E-state index in [1.54, 1.807) is 44.2 Å². The van der Waals surface area contributed by atoms with Crippen LogP contribution < -0.4 is 19.6 Å². The van der Waals surface area contributed by atoms with Crippen molar-refractivity contribution < 1.29 is 18.7 Å². The molecule has 4 aromatic rings. The van der Waals surface area contributed by atoms with Crippen molar-refractivity contribution in [1.82, 2.24) is 4.57 Å². The van der Waals surface area contributed by atoms with Crippen LogP contribution in [0.25, 0.3) is 17.4 Å². The number of hydrogen-bond acceptors (Lipinski definition) is 7. The van der Waals surface area contributed by atoms with E-state index >= 15 is 0 Å². The fourth-order valence-electron chi connectivity index (χ4n) is 4.40. The van der Waals surface area contributed by atoms with Gasteiger partial charge in [-0.05, 0) is 62.4 Å². The fraction of sp³-hybridized carbons (Fsp3) is 0.179. The van der Waals surface area contributed by atoms with Gasteiger partial charge >= 0.3 is 5.97 Å². The molecule has 0 aliphatic carbocycles. The van der Waals surface area contributed by atoms with Crippen molar-refractivity contribution in [3.8, 4) is 17.1 Å². The topological polar surface area (TPSA) is 83.0 Å². The molecule has 0 spiro atoms. The van der Waals surface area contributed by atoms with Gasteiger partial charge in [0.25, 0.3) is 5.56 Å². The Morgan fingerprint density at radius 3 is 2.74 bits per heavy atom. The first-order valence-corrected chi connectivity index (χ1v) is 14.6. The summed E-state index contributed by atoms with van der Waals surface area (Å²) >= 11 is 14.6. The molecule has 0 N–H and O–H groups in total. The summed E-state index contributed by atoms with van der Waals surface area (Å²) in [7, 11) is 1.52. The summed E-state index contributed by atoms with van der Waals surface area (Å²) < 4.78 is 20.7. The first-order chi connectivity index (χ1) is 18.7. The third-order valence-corrected chi connectivity index (χ3v) is 8.50. The van der Waals surface area contributed by atoms with Crippen molar-refractivity contribution in [2.45, 2.75) is 19.9 Å². The van der Waals surface area contributed by atoms with Gasteiger partial charge in [-0.15, -0.1) is 0 Å². The van der Waals surface area contributed by atoms with Crippen molar-refractivity contribution in [3.63, 3.8) is 0 Å². The van der Waals surface area contributed by atoms with Gasteiger partial charge in [0, 0.05) is 31.2 Å². The van der Waals surface area contributed by atoms with Gasteiger partial charge in [0.2, 0.25) is 0 Å². The number of furan rings is 1. The third kappa shape index (κ3) is 5.30. The van der Waals surface area contributed by atoms with E-state index < -0.39 is 12.0 Å². The minimum absolute atomic E-state index is 0.175. The van der Waals surface area contributed by atoms with Crippen LogP contribution >= 0.6 is 54.8 Å². The molecule has 1 atom stereocenters. The molecule has 0 amide bonds. The van der Waals surface area contributed by atoms with E-state index in [0.717, 1.165) is 14.5 Å². The molecule has 0 fully saturated rings. The molecule has 11 heteroatoms. The van der Waals surface area contributed by atoms with E-state index in [2.05, 4.69) is 36.9 Å². The van der Waals surface area contributed by atoms with Crippen molar-refractivity contribution >= 4 is 66.8 Å². The second-order valence-corrected chi connectivity index (χ2v) is 11.7. The number of aromatic nitrogens is 1. The molecule has 0 saturated heterocycles. The lowest BCUT2D eigenvalue weighted by Crippen LogP contribution is -2.40. The predicted molar refractivity (Wildman–Crippen MR) is 158 cm³/mol. The zero-order chi connectivity index (χ0) is 27.8. The second kappa shape index (κ2) is 11.3. The summed E-state index contributed by atoms with van der Waals surface area (Å²) in [4.78, 5) is 32.0. The smallest absolute Gasteiger partial charge is 0.338 e. The molecule has 0 unspecified atom stereocenters. The third-order valence-electron chi connectivity index (χ3n) is 6.10. The standard InChI is InChI=1S/C28H21Br2ClN2O5S/c1-4-37-27(35)24-14(2)32-28-33(25(24)19-12-16(31)6-9-21(19)36-3)26(34)23(39-28)13-17-7-10-22(38-17)18-11-15(29)5-8-20(18)30/h5-13,25H,4H2,1-3H3/b23-13-/t25-/m0/s1. The van der Waals surface area contributed by atoms with Crippen LogP contribution in [-0.4, -0.2) is 24.3 Å². The van der Waals surface area contributed by atoms with Crippen molar-refractivity contribution in [1.29, 1.82) is 0 Å². The molecule has 5 rings (SSSR count). The number of allylic oxidation sites excluding steroid dienone is 1. The lowest BCUT2D eigenvalue weighted by atomic mass is 9.95. The first-order valence-electron chi connectivity index (χ1n) is 11.8. The highest BCUT2D eigenvalue weighted by Crippen LogP contribution is 2.37. The lowest BCUT2D eigenvalue weighted by molar-refractivity contribution is -0.139. The number of nitrogens with zero attached hydrogens (tertiary/aromatic N) is 2. The van der Waals surface area contributed by atoms with E-state index in [0.29, 0.717) is 42.9 Å². The molecule has 2 aromatic heterocycles. The van der Waals surface area contributed by atoms with Crippen LogP contribution in [0, 0.1) is 0 Å². The second-order valence-electron chi connectivity index (χ2n) is 8.51. The maximum Gasteiger partial charge on any atom is 0.338 e. The van der Waals surface area contributed by atoms with Crippen LogP contribution in [-0.2, 0) is 9.53 Å². The number of hydrogen-bond donors (Lipinski definition) is 0. The number of halogens is 3. The van der Waals surface area contributed by atoms with Crippen molar-refractivity contribution in [3.05, 3.63) is 105 Å². The summed E-state index contributed by atoms with van der Waals surface area (Å²) in [5, 5.41) is 0.438. The molecule has 200 valence electrons. The number of thiazole rings is 1. The largest absolute Gasteiger partial charge is 0.496 e. The molecule has 1 aliphatic heterocycles. The van der Waals surface area contributed by atoms with Crippen molar-refractivity contribution in [2.75, 3.05) is 13.7 Å². The van der Waals surface area contributed by atoms with Crippen LogP contribution in [0.2, 0.25) is 5.02 Å². The lowest BCUT2D eigenvalue weighted by Gasteiger charge is -2.26. The average Bonchev–Trinajstić information content (AvgIpc) is 3.49. The quantitative estimate of drug-likeness (QED) is 0.224. The molecule has 0 saturated carbocycles. The Morgan fingerprint density at radius 1 is 1.21 bits per heavy atom. The molecule has 2 aromatic carbocycles. The number of fused-ring (bicyclic) bond motifs is 1. The van der Waals surface area contributed by atoms with E-state index in [9.17, 15) is 9.59 Å². The van der Waals surface area contributed by atoms with Gasteiger partial charge in [0.15, 0.2) is 4.80 Å². The normalized spacial score (nSPS) is 15.2. The maximum atomic E-state index is 13.9. The fourth-order valence-corrected chi connectivity index (χ4v) is 6.41. The highest BCUT2D eigenvalue weighted by atomic mass is 79.9. The minimum Gasteiger partial charge on any atom is -0.496 e. The molecule has 0 radical (unpaired) electrons. The van der Waals surface area contributed by atoms with E-state index in [1.807, 2.05) is 24.3 Å². The highest BCUT2D eigenvalue weighted by Gasteiger charge is 2.35. The van der Waals surface area contributed by atoms with Crippen LogP contribution in [0.3, 0.4) is 0 Å². The number of ether oxygens (including phenoxy) is 2. The number of rotatable bonds is 6. The zero-order valence-corrected chi connectivity index (χ0v) is 25.7. The number of benzene rings is 2. The van der Waals surface area contributed by atoms with Gasteiger partial charge in [-0.1, -0.05) is 54.8 Å². The van der Waals surface area contributed by atoms with Crippen LogP contribution in [0.1, 0.15) is 31.2 Å². The number of methoxy groups -OCH3 is 1. The van der Waals surface area contributed by atoms with Crippen LogP contribution in [0.5, 0.6) is 5.75 Å². The van der Waals surface area contributed by atoms with Gasteiger partial charge in [-0.3, -0.25) is 9.36 Å². The molecule has 1 aliphatic rings. The van der Waals surface area contributed by atoms with Crippen LogP contribution in [0.4, 0.5) is 0 Å². The SMILES string of the molecule is CCOC(=O)C1=C(C)N=c2s/c(=C\c3ccc(-c4cc(Br)ccc4Br)o3)c(=O)n2[C@H]1c1cc(Cl)ccc1OC. The number of carbonyl (C=O) groups excluding carboxylic acids is 1. The monoisotopic (exact) mass is 690 g/mol. The predicted octanol–water partition coefficient (Wildman–Crippen LogP) is 6.25. The Morgan fingerprint density at radius 2 is 2.00 bits per heavy atom. The molecule has 7 nitrogen and oxygen atoms in total. The van der Waals surface area contributed by atoms with E-state index in [1.165, 1.54) is 23.0 Å². The summed E-state index contributed by atoms with van der Waals surface area (Å²) in [5.41, 5.74) is 1.79. The average molecular weight is 693 g/mol. The Labute approximate surface area is 249 Å². The molecule has 39 heavy (non-hydrogen) atoms. The van der Waals surface area contributed by atoms with E-state index in [-0.39, 0.29) is 17.7 Å². The molecular formula is C28H21Br2ClN2O5S. The highest BCUT2D eigenvalue weighted by molar-refractivity contribution is 9.11. The van der Waals surface area contributed by atoms with Gasteiger partial charge in [-0.2, -0.15) is 0 Å². The summed E-state index contributed by atoms with van der Waals surface area (Å²) in [6, 6.07) is 13.7. The minimum atomic E-state index is -0.846. The molecule has 3 heterocycles. The Hall–Kier alpha value is -2.92. The Balaban J connectivity index is 1.68. The Bertz CT molecular complexity index is 1820. The maximum absolute atomic E-state index is 13.9. The summed E-state index contributed by atoms with van der Waals surface area (Å²) in [6.45, 7) is 3.62. The number of esters is 1. The van der Waals surface area contributed by atoms with Gasteiger partial charge < -0.3 is 13.9 Å². The van der Waals surface area contributed by atoms with E-state index in [4.69, 9.17) is 25.5 Å². The summed E-state index contributed by atoms with van der Waals surface area (Å²) in [5.74, 6) is 1.06. The number of carbonyl (C=O) groups is 1. The molecular weight excluding hydrogens is 672 g/mol. The summed E-state index contributed by atoms with van der Waals surface area (Å²) in [6.07, 6.45) is 1.68. The zero-order valence-electron chi connectivity index (χ0n) is 21.0. The van der Waals surface area contributed by atoms with Gasteiger partial charge in [-0.25, -0.2) is 9.79 Å². The Kier molecular flexibility index (Phi) is 8.00. The van der Waals surface area contributed by atoms with Crippen LogP contribution in [0.15, 0.2) is 83.0 Å². The first kappa shape index (κ1) is 27.6.